The Morgan fingerprint density at radius 1 is 1.39 bits per heavy atom. The summed E-state index contributed by atoms with van der Waals surface area (Å²) in [6.07, 6.45) is 0. The molecule has 0 fully saturated rings. The average Bonchev–Trinajstić information content (AvgIpc) is 2.75. The molecule has 0 saturated carbocycles. The predicted octanol–water partition coefficient (Wildman–Crippen LogP) is 4.44. The smallest absolute Gasteiger partial charge is 0.253 e. The second-order valence-corrected chi connectivity index (χ2v) is 6.25. The number of hydrogen-bond acceptors (Lipinski definition) is 2. The lowest BCUT2D eigenvalue weighted by Gasteiger charge is -2.16. The van der Waals surface area contributed by atoms with Gasteiger partial charge in [-0.3, -0.25) is 4.79 Å². The highest BCUT2D eigenvalue weighted by Crippen LogP contribution is 2.21. The fourth-order valence-corrected chi connectivity index (χ4v) is 3.18. The lowest BCUT2D eigenvalue weighted by molar-refractivity contribution is 0.0786. The molecule has 1 amide bonds. The van der Waals surface area contributed by atoms with Gasteiger partial charge in [-0.25, -0.2) is 0 Å². The zero-order valence-corrected chi connectivity index (χ0v) is 12.8. The number of thiophene rings is 1. The Balaban J connectivity index is 2.07. The Kier molecular flexibility index (Phi) is 4.43. The van der Waals surface area contributed by atoms with E-state index in [-0.39, 0.29) is 5.91 Å². The highest BCUT2D eigenvalue weighted by molar-refractivity contribution is 9.10. The molecule has 2 rings (SSSR count). The van der Waals surface area contributed by atoms with Gasteiger partial charge in [0.15, 0.2) is 0 Å². The number of halogens is 2. The molecular formula is C13H11BrClNOS. The van der Waals surface area contributed by atoms with Crippen LogP contribution in [0.2, 0.25) is 5.02 Å². The minimum absolute atomic E-state index is 0.00353. The summed E-state index contributed by atoms with van der Waals surface area (Å²) < 4.78 is 1.05. The van der Waals surface area contributed by atoms with Gasteiger partial charge >= 0.3 is 0 Å². The van der Waals surface area contributed by atoms with Crippen molar-refractivity contribution in [3.63, 3.8) is 0 Å². The van der Waals surface area contributed by atoms with Gasteiger partial charge in [-0.1, -0.05) is 11.6 Å². The van der Waals surface area contributed by atoms with E-state index in [1.54, 1.807) is 47.5 Å². The van der Waals surface area contributed by atoms with Crippen LogP contribution < -0.4 is 0 Å². The lowest BCUT2D eigenvalue weighted by Crippen LogP contribution is -2.25. The van der Waals surface area contributed by atoms with E-state index in [2.05, 4.69) is 15.9 Å². The van der Waals surface area contributed by atoms with Crippen molar-refractivity contribution in [3.05, 3.63) is 55.6 Å². The van der Waals surface area contributed by atoms with Crippen molar-refractivity contribution >= 4 is 44.8 Å². The Hall–Kier alpha value is -0.840. The molecule has 0 bridgehead atoms. The molecule has 0 radical (unpaired) electrons. The van der Waals surface area contributed by atoms with Crippen LogP contribution in [0.25, 0.3) is 0 Å². The fourth-order valence-electron chi connectivity index (χ4n) is 1.56. The molecule has 18 heavy (non-hydrogen) atoms. The van der Waals surface area contributed by atoms with Crippen molar-refractivity contribution in [1.82, 2.24) is 4.90 Å². The van der Waals surface area contributed by atoms with E-state index in [1.807, 2.05) is 11.4 Å². The fraction of sp³-hybridized carbons (Fsp3) is 0.154. The van der Waals surface area contributed by atoms with Gasteiger partial charge in [0.2, 0.25) is 0 Å². The first-order valence-corrected chi connectivity index (χ1v) is 7.35. The molecule has 5 heteroatoms. The summed E-state index contributed by atoms with van der Waals surface area (Å²) >= 11 is 10.8. The number of carbonyl (C=O) groups is 1. The summed E-state index contributed by atoms with van der Waals surface area (Å²) in [7, 11) is 1.80. The van der Waals surface area contributed by atoms with Crippen LogP contribution in [0.1, 0.15) is 15.2 Å². The van der Waals surface area contributed by atoms with Crippen molar-refractivity contribution < 1.29 is 4.79 Å². The van der Waals surface area contributed by atoms with Gasteiger partial charge in [0, 0.05) is 32.4 Å². The standard InChI is InChI=1S/C13H11BrClNOS/c1-16(7-12-6-10(14)8-18-12)13(17)9-2-4-11(15)5-3-9/h2-6,8H,7H2,1H3. The number of carbonyl (C=O) groups excluding carboxylic acids is 1. The second kappa shape index (κ2) is 5.87. The maximum atomic E-state index is 12.1. The van der Waals surface area contributed by atoms with Gasteiger partial charge in [-0.2, -0.15) is 0 Å². The summed E-state index contributed by atoms with van der Waals surface area (Å²) in [4.78, 5) is 15.0. The van der Waals surface area contributed by atoms with Crippen LogP contribution in [0.3, 0.4) is 0 Å². The van der Waals surface area contributed by atoms with E-state index in [9.17, 15) is 4.79 Å². The van der Waals surface area contributed by atoms with Crippen molar-refractivity contribution in [2.75, 3.05) is 7.05 Å². The maximum Gasteiger partial charge on any atom is 0.253 e. The van der Waals surface area contributed by atoms with Gasteiger partial charge in [0.05, 0.1) is 6.54 Å². The molecule has 94 valence electrons. The zero-order valence-electron chi connectivity index (χ0n) is 9.69. The van der Waals surface area contributed by atoms with Gasteiger partial charge in [0.25, 0.3) is 5.91 Å². The Bertz CT molecular complexity index is 552. The molecule has 0 aliphatic carbocycles. The topological polar surface area (TPSA) is 20.3 Å². The number of nitrogens with zero attached hydrogens (tertiary/aromatic N) is 1. The highest BCUT2D eigenvalue weighted by atomic mass is 79.9. The summed E-state index contributed by atoms with van der Waals surface area (Å²) in [5, 5.41) is 2.65. The molecule has 0 saturated heterocycles. The molecule has 0 atom stereocenters. The van der Waals surface area contributed by atoms with Crippen molar-refractivity contribution in [1.29, 1.82) is 0 Å². The van der Waals surface area contributed by atoms with E-state index >= 15 is 0 Å². The third-order valence-electron chi connectivity index (χ3n) is 2.45. The first-order chi connectivity index (χ1) is 8.56. The number of amides is 1. The minimum Gasteiger partial charge on any atom is -0.337 e. The van der Waals surface area contributed by atoms with Crippen LogP contribution in [0.5, 0.6) is 0 Å². The van der Waals surface area contributed by atoms with Crippen LogP contribution in [0.4, 0.5) is 0 Å². The van der Waals surface area contributed by atoms with Gasteiger partial charge in [0.1, 0.15) is 0 Å². The normalized spacial score (nSPS) is 10.4. The first kappa shape index (κ1) is 13.6. The molecule has 0 unspecified atom stereocenters. The molecule has 2 nitrogen and oxygen atoms in total. The Labute approximate surface area is 123 Å². The zero-order chi connectivity index (χ0) is 13.1. The highest BCUT2D eigenvalue weighted by Gasteiger charge is 2.12. The molecule has 1 heterocycles. The van der Waals surface area contributed by atoms with Crippen molar-refractivity contribution in [2.24, 2.45) is 0 Å². The summed E-state index contributed by atoms with van der Waals surface area (Å²) in [5.41, 5.74) is 0.650. The monoisotopic (exact) mass is 343 g/mol. The molecule has 1 aromatic heterocycles. The van der Waals surface area contributed by atoms with Crippen LogP contribution >= 0.6 is 38.9 Å². The average molecular weight is 345 g/mol. The molecule has 2 aromatic rings. The quantitative estimate of drug-likeness (QED) is 0.806. The van der Waals surface area contributed by atoms with E-state index in [0.717, 1.165) is 9.35 Å². The van der Waals surface area contributed by atoms with Crippen molar-refractivity contribution in [2.45, 2.75) is 6.54 Å². The summed E-state index contributed by atoms with van der Waals surface area (Å²) in [6.45, 7) is 0.609. The van der Waals surface area contributed by atoms with Crippen molar-refractivity contribution in [3.8, 4) is 0 Å². The Morgan fingerprint density at radius 2 is 2.06 bits per heavy atom. The lowest BCUT2D eigenvalue weighted by atomic mass is 10.2. The molecule has 0 aliphatic rings. The third-order valence-corrected chi connectivity index (χ3v) is 4.39. The summed E-state index contributed by atoms with van der Waals surface area (Å²) in [5.74, 6) is -0.00353. The van der Waals surface area contributed by atoms with Gasteiger partial charge in [-0.15, -0.1) is 11.3 Å². The van der Waals surface area contributed by atoms with Gasteiger partial charge < -0.3 is 4.90 Å². The van der Waals surface area contributed by atoms with Crippen LogP contribution in [0, 0.1) is 0 Å². The van der Waals surface area contributed by atoms with E-state index in [4.69, 9.17) is 11.6 Å². The third kappa shape index (κ3) is 3.34. The molecular weight excluding hydrogens is 334 g/mol. The first-order valence-electron chi connectivity index (χ1n) is 5.30. The van der Waals surface area contributed by atoms with Crippen LogP contribution in [-0.4, -0.2) is 17.9 Å². The van der Waals surface area contributed by atoms with E-state index < -0.39 is 0 Å². The maximum absolute atomic E-state index is 12.1. The molecule has 0 N–H and O–H groups in total. The van der Waals surface area contributed by atoms with Crippen LogP contribution in [0.15, 0.2) is 40.2 Å². The number of benzene rings is 1. The van der Waals surface area contributed by atoms with Crippen LogP contribution in [-0.2, 0) is 6.54 Å². The predicted molar refractivity (Wildman–Crippen MR) is 79.3 cm³/mol. The minimum atomic E-state index is -0.00353. The molecule has 0 aliphatic heterocycles. The van der Waals surface area contributed by atoms with E-state index in [1.165, 1.54) is 0 Å². The molecule has 0 spiro atoms. The van der Waals surface area contributed by atoms with Gasteiger partial charge in [-0.05, 0) is 46.3 Å². The Morgan fingerprint density at radius 3 is 2.61 bits per heavy atom. The largest absolute Gasteiger partial charge is 0.337 e. The SMILES string of the molecule is CN(Cc1cc(Br)cs1)C(=O)c1ccc(Cl)cc1. The summed E-state index contributed by atoms with van der Waals surface area (Å²) in [6, 6.07) is 8.96. The molecule has 1 aromatic carbocycles. The number of rotatable bonds is 3. The van der Waals surface area contributed by atoms with E-state index in [0.29, 0.717) is 17.1 Å². The number of hydrogen-bond donors (Lipinski definition) is 0. The second-order valence-electron chi connectivity index (χ2n) is 3.90.